The molecule has 1 heterocycles. The van der Waals surface area contributed by atoms with Gasteiger partial charge in [-0.15, -0.1) is 0 Å². The predicted octanol–water partition coefficient (Wildman–Crippen LogP) is 2.71. The highest BCUT2D eigenvalue weighted by atomic mass is 16.5. The van der Waals surface area contributed by atoms with Gasteiger partial charge in [-0.05, 0) is 36.1 Å². The number of nitrogens with two attached hydrogens (primary N) is 1. The summed E-state index contributed by atoms with van der Waals surface area (Å²) >= 11 is 0. The van der Waals surface area contributed by atoms with Gasteiger partial charge in [0.25, 0.3) is 0 Å². The first kappa shape index (κ1) is 13.0. The average molecular weight is 246 g/mol. The number of aromatic nitrogens is 1. The summed E-state index contributed by atoms with van der Waals surface area (Å²) in [5, 5.41) is 1.24. The number of ether oxygens (including phenoxy) is 1. The maximum Gasteiger partial charge on any atom is 0.119 e. The summed E-state index contributed by atoms with van der Waals surface area (Å²) in [6, 6.07) is 6.38. The summed E-state index contributed by atoms with van der Waals surface area (Å²) < 4.78 is 7.45. The van der Waals surface area contributed by atoms with E-state index in [9.17, 15) is 0 Å². The molecule has 0 aliphatic heterocycles. The van der Waals surface area contributed by atoms with E-state index in [1.807, 2.05) is 6.07 Å². The third kappa shape index (κ3) is 2.36. The van der Waals surface area contributed by atoms with E-state index in [2.05, 4.69) is 43.8 Å². The predicted molar refractivity (Wildman–Crippen MR) is 76.0 cm³/mol. The van der Waals surface area contributed by atoms with Crippen LogP contribution < -0.4 is 10.5 Å². The molecule has 1 aromatic carbocycles. The lowest BCUT2D eigenvalue weighted by Crippen LogP contribution is -2.28. The molecule has 0 radical (unpaired) electrons. The normalized spacial score (nSPS) is 13.2. The molecule has 0 aliphatic carbocycles. The highest BCUT2D eigenvalue weighted by molar-refractivity contribution is 5.85. The number of methoxy groups -OCH3 is 1. The van der Waals surface area contributed by atoms with Gasteiger partial charge in [-0.1, -0.05) is 13.8 Å². The van der Waals surface area contributed by atoms with Gasteiger partial charge in [0.1, 0.15) is 5.75 Å². The second-order valence-corrected chi connectivity index (χ2v) is 5.26. The van der Waals surface area contributed by atoms with Crippen LogP contribution in [0.4, 0.5) is 0 Å². The van der Waals surface area contributed by atoms with E-state index in [1.165, 1.54) is 16.5 Å². The highest BCUT2D eigenvalue weighted by Gasteiger charge is 2.13. The van der Waals surface area contributed by atoms with Crippen molar-refractivity contribution in [2.24, 2.45) is 18.7 Å². The van der Waals surface area contributed by atoms with Gasteiger partial charge in [0.15, 0.2) is 0 Å². The zero-order chi connectivity index (χ0) is 13.3. The molecular weight excluding hydrogens is 224 g/mol. The van der Waals surface area contributed by atoms with Gasteiger partial charge < -0.3 is 15.0 Å². The summed E-state index contributed by atoms with van der Waals surface area (Å²) in [5.41, 5.74) is 8.70. The van der Waals surface area contributed by atoms with Crippen LogP contribution in [0.25, 0.3) is 10.9 Å². The molecular formula is C15H22N2O. The van der Waals surface area contributed by atoms with Crippen LogP contribution in [0.1, 0.15) is 19.4 Å². The summed E-state index contributed by atoms with van der Waals surface area (Å²) in [5.74, 6) is 1.39. The van der Waals surface area contributed by atoms with Crippen molar-refractivity contribution in [3.05, 3.63) is 30.0 Å². The van der Waals surface area contributed by atoms with Crippen LogP contribution in [-0.4, -0.2) is 17.7 Å². The van der Waals surface area contributed by atoms with Crippen molar-refractivity contribution >= 4 is 10.9 Å². The van der Waals surface area contributed by atoms with Crippen LogP contribution in [0, 0.1) is 5.92 Å². The van der Waals surface area contributed by atoms with Crippen LogP contribution in [-0.2, 0) is 13.5 Å². The molecule has 2 aromatic rings. The molecule has 0 bridgehead atoms. The molecule has 0 aliphatic rings. The average Bonchev–Trinajstić information content (AvgIpc) is 2.65. The SMILES string of the molecule is COc1ccc2c(c1)c(CC(N)C(C)C)cn2C. The maximum absolute atomic E-state index is 6.18. The Labute approximate surface area is 109 Å². The number of benzene rings is 1. The molecule has 0 amide bonds. The minimum absolute atomic E-state index is 0.196. The number of aryl methyl sites for hydroxylation is 1. The topological polar surface area (TPSA) is 40.2 Å². The molecule has 3 nitrogen and oxygen atoms in total. The second-order valence-electron chi connectivity index (χ2n) is 5.26. The molecule has 98 valence electrons. The Kier molecular flexibility index (Phi) is 3.62. The summed E-state index contributed by atoms with van der Waals surface area (Å²) in [7, 11) is 3.77. The number of hydrogen-bond acceptors (Lipinski definition) is 2. The van der Waals surface area contributed by atoms with Crippen molar-refractivity contribution < 1.29 is 4.74 Å². The molecule has 2 N–H and O–H groups in total. The zero-order valence-electron chi connectivity index (χ0n) is 11.6. The summed E-state index contributed by atoms with van der Waals surface area (Å²) in [6.45, 7) is 4.33. The van der Waals surface area contributed by atoms with E-state index >= 15 is 0 Å². The molecule has 1 atom stereocenters. The van der Waals surface area contributed by atoms with E-state index in [0.717, 1.165) is 12.2 Å². The minimum Gasteiger partial charge on any atom is -0.497 e. The first-order valence-electron chi connectivity index (χ1n) is 6.40. The van der Waals surface area contributed by atoms with Crippen molar-refractivity contribution in [2.75, 3.05) is 7.11 Å². The lowest BCUT2D eigenvalue weighted by molar-refractivity contribution is 0.415. The lowest BCUT2D eigenvalue weighted by Gasteiger charge is -2.14. The molecule has 18 heavy (non-hydrogen) atoms. The van der Waals surface area contributed by atoms with Crippen molar-refractivity contribution in [2.45, 2.75) is 26.3 Å². The van der Waals surface area contributed by atoms with E-state index in [4.69, 9.17) is 10.5 Å². The van der Waals surface area contributed by atoms with Crippen LogP contribution in [0.2, 0.25) is 0 Å². The Morgan fingerprint density at radius 3 is 2.67 bits per heavy atom. The molecule has 0 fully saturated rings. The zero-order valence-corrected chi connectivity index (χ0v) is 11.6. The third-order valence-electron chi connectivity index (χ3n) is 3.59. The van der Waals surface area contributed by atoms with Crippen molar-refractivity contribution in [3.63, 3.8) is 0 Å². The largest absolute Gasteiger partial charge is 0.497 e. The number of fused-ring (bicyclic) bond motifs is 1. The summed E-state index contributed by atoms with van der Waals surface area (Å²) in [4.78, 5) is 0. The minimum atomic E-state index is 0.196. The first-order valence-corrected chi connectivity index (χ1v) is 6.40. The summed E-state index contributed by atoms with van der Waals surface area (Å²) in [6.07, 6.45) is 3.08. The number of nitrogens with zero attached hydrogens (tertiary/aromatic N) is 1. The molecule has 0 saturated heterocycles. The van der Waals surface area contributed by atoms with Gasteiger partial charge in [-0.3, -0.25) is 0 Å². The van der Waals surface area contributed by atoms with Gasteiger partial charge in [-0.2, -0.15) is 0 Å². The lowest BCUT2D eigenvalue weighted by atomic mass is 9.97. The quantitative estimate of drug-likeness (QED) is 0.901. The molecule has 1 aromatic heterocycles. The molecule has 0 saturated carbocycles. The van der Waals surface area contributed by atoms with E-state index in [0.29, 0.717) is 5.92 Å². The fourth-order valence-electron chi connectivity index (χ4n) is 2.23. The van der Waals surface area contributed by atoms with Gasteiger partial charge in [-0.25, -0.2) is 0 Å². The molecule has 0 spiro atoms. The van der Waals surface area contributed by atoms with Crippen LogP contribution in [0.5, 0.6) is 5.75 Å². The maximum atomic E-state index is 6.18. The number of rotatable bonds is 4. The Hall–Kier alpha value is -1.48. The fourth-order valence-corrected chi connectivity index (χ4v) is 2.23. The van der Waals surface area contributed by atoms with Crippen molar-refractivity contribution in [1.82, 2.24) is 4.57 Å². The van der Waals surface area contributed by atoms with E-state index < -0.39 is 0 Å². The van der Waals surface area contributed by atoms with E-state index in [-0.39, 0.29) is 6.04 Å². The standard InChI is InChI=1S/C15H22N2O/c1-10(2)14(16)7-11-9-17(3)15-6-5-12(18-4)8-13(11)15/h5-6,8-10,14H,7,16H2,1-4H3. The van der Waals surface area contributed by atoms with E-state index in [1.54, 1.807) is 7.11 Å². The third-order valence-corrected chi connectivity index (χ3v) is 3.59. The van der Waals surface area contributed by atoms with Gasteiger partial charge in [0, 0.05) is 30.2 Å². The Bertz CT molecular complexity index is 543. The van der Waals surface area contributed by atoms with Crippen molar-refractivity contribution in [3.8, 4) is 5.75 Å². The van der Waals surface area contributed by atoms with Crippen molar-refractivity contribution in [1.29, 1.82) is 0 Å². The monoisotopic (exact) mass is 246 g/mol. The molecule has 3 heteroatoms. The second kappa shape index (κ2) is 5.02. The number of hydrogen-bond donors (Lipinski definition) is 1. The Morgan fingerprint density at radius 1 is 1.33 bits per heavy atom. The fraction of sp³-hybridized carbons (Fsp3) is 0.467. The van der Waals surface area contributed by atoms with Crippen LogP contribution >= 0.6 is 0 Å². The van der Waals surface area contributed by atoms with Gasteiger partial charge in [0.2, 0.25) is 0 Å². The molecule has 2 rings (SSSR count). The van der Waals surface area contributed by atoms with Gasteiger partial charge >= 0.3 is 0 Å². The highest BCUT2D eigenvalue weighted by Crippen LogP contribution is 2.26. The van der Waals surface area contributed by atoms with Crippen LogP contribution in [0.3, 0.4) is 0 Å². The van der Waals surface area contributed by atoms with Gasteiger partial charge in [0.05, 0.1) is 7.11 Å². The molecule has 1 unspecified atom stereocenters. The Morgan fingerprint density at radius 2 is 2.06 bits per heavy atom. The smallest absolute Gasteiger partial charge is 0.119 e. The first-order chi connectivity index (χ1) is 8.52. The Balaban J connectivity index is 2.43. The van der Waals surface area contributed by atoms with Crippen LogP contribution in [0.15, 0.2) is 24.4 Å².